The van der Waals surface area contributed by atoms with Crippen LogP contribution in [0.25, 0.3) is 54.5 Å². The van der Waals surface area contributed by atoms with E-state index in [0.29, 0.717) is 0 Å². The monoisotopic (exact) mass is 492 g/mol. The summed E-state index contributed by atoms with van der Waals surface area (Å²) in [6, 6.07) is 12.9. The van der Waals surface area contributed by atoms with E-state index in [1.807, 2.05) is 23.5 Å². The third kappa shape index (κ3) is 2.74. The van der Waals surface area contributed by atoms with Gasteiger partial charge in [-0.1, -0.05) is 0 Å². The number of thiophene rings is 6. The number of hydrogen-bond donors (Lipinski definition) is 0. The molecular formula is C22H8N2S6. The number of fused-ring (bicyclic) bond motifs is 3. The summed E-state index contributed by atoms with van der Waals surface area (Å²) in [6.45, 7) is 0. The number of nitriles is 2. The number of rotatable bonds is 3. The van der Waals surface area contributed by atoms with Crippen LogP contribution in [0.4, 0.5) is 0 Å². The molecule has 0 radical (unpaired) electrons. The van der Waals surface area contributed by atoms with E-state index in [9.17, 15) is 10.5 Å². The molecule has 30 heavy (non-hydrogen) atoms. The molecule has 0 N–H and O–H groups in total. The average Bonchev–Trinajstić information content (AvgIpc) is 3.53. The summed E-state index contributed by atoms with van der Waals surface area (Å²) < 4.78 is 7.59. The maximum Gasteiger partial charge on any atom is 0.130 e. The Labute approximate surface area is 195 Å². The zero-order chi connectivity index (χ0) is 20.2. The predicted octanol–water partition coefficient (Wildman–Crippen LogP) is 9.28. The first kappa shape index (κ1) is 18.5. The molecule has 2 nitrogen and oxygen atoms in total. The van der Waals surface area contributed by atoms with Crippen LogP contribution in [0, 0.1) is 22.7 Å². The summed E-state index contributed by atoms with van der Waals surface area (Å²) >= 11 is 10.6. The van der Waals surface area contributed by atoms with Gasteiger partial charge in [0.25, 0.3) is 0 Å². The largest absolute Gasteiger partial charge is 0.192 e. The van der Waals surface area contributed by atoms with Gasteiger partial charge in [-0.15, -0.1) is 68.0 Å². The van der Waals surface area contributed by atoms with E-state index >= 15 is 0 Å². The minimum atomic E-state index is 0.140. The lowest BCUT2D eigenvalue weighted by Crippen LogP contribution is -1.79. The highest BCUT2D eigenvalue weighted by Crippen LogP contribution is 2.54. The fourth-order valence-electron chi connectivity index (χ4n) is 3.47. The molecular weight excluding hydrogens is 485 g/mol. The van der Waals surface area contributed by atoms with Gasteiger partial charge in [-0.05, 0) is 46.5 Å². The van der Waals surface area contributed by atoms with E-state index < -0.39 is 0 Å². The molecule has 0 aliphatic carbocycles. The molecule has 0 aromatic carbocycles. The van der Waals surface area contributed by atoms with Crippen LogP contribution in [0.3, 0.4) is 0 Å². The van der Waals surface area contributed by atoms with Gasteiger partial charge in [-0.2, -0.15) is 10.5 Å². The van der Waals surface area contributed by atoms with Crippen molar-refractivity contribution in [3.63, 3.8) is 0 Å². The standard InChI is InChI=1S/C22H8N2S6/c23-9-11(10-24)7-12-19-14(2-5-26-19)29-20(12)22-18(21-15(30-22)3-6-27-21)17-8-16-13(28-17)1-4-25-16/h1-8H. The van der Waals surface area contributed by atoms with Gasteiger partial charge in [0, 0.05) is 34.8 Å². The van der Waals surface area contributed by atoms with Crippen LogP contribution in [0.15, 0.2) is 46.0 Å². The predicted molar refractivity (Wildman–Crippen MR) is 136 cm³/mol. The summed E-state index contributed by atoms with van der Waals surface area (Å²) in [5, 5.41) is 25.1. The molecule has 0 unspecified atom stereocenters. The molecule has 6 rings (SSSR count). The molecule has 6 aromatic heterocycles. The van der Waals surface area contributed by atoms with E-state index in [1.54, 1.807) is 62.8 Å². The molecule has 0 fully saturated rings. The van der Waals surface area contributed by atoms with Gasteiger partial charge in [-0.25, -0.2) is 0 Å². The second-order valence-corrected chi connectivity index (χ2v) is 12.4. The number of nitrogens with zero attached hydrogens (tertiary/aromatic N) is 2. The van der Waals surface area contributed by atoms with Crippen LogP contribution in [-0.2, 0) is 0 Å². The SMILES string of the molecule is N#CC(C#N)=Cc1c(-c2sc3ccsc3c2-c2cc3sccc3s2)sc2ccsc12. The molecule has 6 heterocycles. The Morgan fingerprint density at radius 2 is 1.40 bits per heavy atom. The third-order valence-electron chi connectivity index (χ3n) is 4.75. The van der Waals surface area contributed by atoms with Crippen LogP contribution < -0.4 is 0 Å². The van der Waals surface area contributed by atoms with Crippen molar-refractivity contribution < 1.29 is 0 Å². The van der Waals surface area contributed by atoms with Crippen LogP contribution in [0.5, 0.6) is 0 Å². The summed E-state index contributed by atoms with van der Waals surface area (Å²) in [7, 11) is 0. The zero-order valence-electron chi connectivity index (χ0n) is 15.0. The Bertz CT molecular complexity index is 1630. The van der Waals surface area contributed by atoms with Crippen molar-refractivity contribution in [1.29, 1.82) is 10.5 Å². The van der Waals surface area contributed by atoms with Gasteiger partial charge >= 0.3 is 0 Å². The molecule has 142 valence electrons. The number of hydrogen-bond acceptors (Lipinski definition) is 8. The van der Waals surface area contributed by atoms with E-state index in [1.165, 1.54) is 38.8 Å². The highest BCUT2D eigenvalue weighted by molar-refractivity contribution is 7.35. The Morgan fingerprint density at radius 1 is 0.733 bits per heavy atom. The van der Waals surface area contributed by atoms with Crippen molar-refractivity contribution >= 4 is 102 Å². The Balaban J connectivity index is 1.68. The van der Waals surface area contributed by atoms with Crippen LogP contribution in [-0.4, -0.2) is 0 Å². The Morgan fingerprint density at radius 3 is 2.17 bits per heavy atom. The maximum atomic E-state index is 9.35. The molecule has 0 aliphatic rings. The molecule has 0 saturated heterocycles. The van der Waals surface area contributed by atoms with E-state index in [0.717, 1.165) is 15.1 Å². The molecule has 6 aromatic rings. The van der Waals surface area contributed by atoms with Gasteiger partial charge in [0.2, 0.25) is 0 Å². The minimum Gasteiger partial charge on any atom is -0.192 e. The molecule has 0 aliphatic heterocycles. The van der Waals surface area contributed by atoms with Gasteiger partial charge in [0.1, 0.15) is 17.7 Å². The van der Waals surface area contributed by atoms with Crippen molar-refractivity contribution in [1.82, 2.24) is 0 Å². The van der Waals surface area contributed by atoms with E-state index in [-0.39, 0.29) is 5.57 Å². The second-order valence-electron chi connectivity index (χ2n) is 6.42. The topological polar surface area (TPSA) is 47.6 Å². The van der Waals surface area contributed by atoms with Gasteiger partial charge in [0.15, 0.2) is 0 Å². The van der Waals surface area contributed by atoms with Crippen molar-refractivity contribution in [2.24, 2.45) is 0 Å². The number of allylic oxidation sites excluding steroid dienone is 1. The second kappa shape index (κ2) is 7.14. The zero-order valence-corrected chi connectivity index (χ0v) is 19.9. The molecule has 0 atom stereocenters. The molecule has 0 bridgehead atoms. The fraction of sp³-hybridized carbons (Fsp3) is 0. The smallest absolute Gasteiger partial charge is 0.130 e. The van der Waals surface area contributed by atoms with Crippen molar-refractivity contribution in [3.05, 3.63) is 51.5 Å². The van der Waals surface area contributed by atoms with Crippen LogP contribution in [0.2, 0.25) is 0 Å². The Hall–Kier alpha value is -2.30. The average molecular weight is 493 g/mol. The highest BCUT2D eigenvalue weighted by Gasteiger charge is 2.23. The first-order valence-electron chi connectivity index (χ1n) is 8.76. The summed E-state index contributed by atoms with van der Waals surface area (Å²) in [5.74, 6) is 0. The van der Waals surface area contributed by atoms with Crippen molar-refractivity contribution in [2.75, 3.05) is 0 Å². The quantitative estimate of drug-likeness (QED) is 0.231. The first-order valence-corrected chi connectivity index (χ1v) is 13.9. The molecule has 0 spiro atoms. The maximum absolute atomic E-state index is 9.35. The van der Waals surface area contributed by atoms with Crippen molar-refractivity contribution in [3.8, 4) is 32.3 Å². The van der Waals surface area contributed by atoms with Gasteiger partial charge in [0.05, 0.1) is 19.2 Å². The Kier molecular flexibility index (Phi) is 4.39. The van der Waals surface area contributed by atoms with E-state index in [2.05, 4.69) is 40.4 Å². The molecule has 0 amide bonds. The fourth-order valence-corrected chi connectivity index (χ4v) is 10.6. The normalized spacial score (nSPS) is 11.3. The molecule has 8 heteroatoms. The minimum absolute atomic E-state index is 0.140. The lowest BCUT2D eigenvalue weighted by atomic mass is 10.1. The van der Waals surface area contributed by atoms with E-state index in [4.69, 9.17) is 0 Å². The highest BCUT2D eigenvalue weighted by atomic mass is 32.1. The third-order valence-corrected chi connectivity index (χ3v) is 11.5. The summed E-state index contributed by atoms with van der Waals surface area (Å²) in [6.07, 6.45) is 1.76. The molecule has 0 saturated carbocycles. The van der Waals surface area contributed by atoms with Gasteiger partial charge < -0.3 is 0 Å². The summed E-state index contributed by atoms with van der Waals surface area (Å²) in [4.78, 5) is 3.67. The van der Waals surface area contributed by atoms with Crippen LogP contribution >= 0.6 is 68.0 Å². The lowest BCUT2D eigenvalue weighted by Gasteiger charge is -2.02. The summed E-state index contributed by atoms with van der Waals surface area (Å²) in [5.41, 5.74) is 2.43. The lowest BCUT2D eigenvalue weighted by molar-refractivity contribution is 1.47. The first-order chi connectivity index (χ1) is 14.8. The van der Waals surface area contributed by atoms with Gasteiger partial charge in [-0.3, -0.25) is 0 Å². The van der Waals surface area contributed by atoms with Crippen molar-refractivity contribution in [2.45, 2.75) is 0 Å². The van der Waals surface area contributed by atoms with Crippen LogP contribution in [0.1, 0.15) is 5.56 Å².